The molecule has 0 spiro atoms. The molecule has 224 valence electrons. The first-order valence-electron chi connectivity index (χ1n) is 16.1. The first-order chi connectivity index (χ1) is 20.6. The maximum atomic E-state index is 5.37. The first kappa shape index (κ1) is 27.5. The fourth-order valence-electron chi connectivity index (χ4n) is 8.49. The van der Waals surface area contributed by atoms with E-state index in [1.807, 2.05) is 0 Å². The largest absolute Gasteiger partial charge is 0.327 e. The second-order valence-electron chi connectivity index (χ2n) is 15.8. The van der Waals surface area contributed by atoms with E-state index in [2.05, 4.69) is 169 Å². The highest BCUT2D eigenvalue weighted by molar-refractivity contribution is 6.11. The van der Waals surface area contributed by atoms with Crippen molar-refractivity contribution in [1.29, 1.82) is 0 Å². The lowest BCUT2D eigenvalue weighted by Gasteiger charge is -2.50. The summed E-state index contributed by atoms with van der Waals surface area (Å²) in [5.41, 5.74) is 9.79. The molecule has 0 atom stereocenters. The maximum Gasteiger partial charge on any atom is 0.203 e. The third-order valence-electron chi connectivity index (χ3n) is 12.2. The Morgan fingerprint density at radius 3 is 1.89 bits per heavy atom. The standard InChI is InChI=1S/C40H44N4/c1-36(2)31-17-13-11-15-27(31)29-23-30-28-16-12-14-18-33(28)42(34(30)24-32(29)36)25-19-21-26(22-20-25)43-35-41-37(3,4)38(5,6)44(35)40(9,10)39(43,7)8/h11-24H,1-10H3. The Morgan fingerprint density at radius 1 is 0.523 bits per heavy atom. The van der Waals surface area contributed by atoms with E-state index in [4.69, 9.17) is 4.99 Å². The van der Waals surface area contributed by atoms with Crippen LogP contribution in [0.2, 0.25) is 0 Å². The van der Waals surface area contributed by atoms with Crippen LogP contribution in [-0.2, 0) is 5.41 Å². The van der Waals surface area contributed by atoms with E-state index in [1.54, 1.807) is 0 Å². The Morgan fingerprint density at radius 2 is 1.16 bits per heavy atom. The van der Waals surface area contributed by atoms with Crippen LogP contribution < -0.4 is 4.90 Å². The Balaban J connectivity index is 1.30. The third-order valence-corrected chi connectivity index (χ3v) is 12.2. The van der Waals surface area contributed by atoms with Crippen LogP contribution in [0.3, 0.4) is 0 Å². The molecule has 3 aliphatic rings. The van der Waals surface area contributed by atoms with Crippen molar-refractivity contribution in [2.75, 3.05) is 4.90 Å². The van der Waals surface area contributed by atoms with Crippen molar-refractivity contribution in [1.82, 2.24) is 9.47 Å². The fraction of sp³-hybridized carbons (Fsp3) is 0.375. The molecule has 4 aromatic carbocycles. The van der Waals surface area contributed by atoms with Gasteiger partial charge < -0.3 is 14.4 Å². The van der Waals surface area contributed by atoms with Gasteiger partial charge in [0.05, 0.1) is 33.2 Å². The molecular weight excluding hydrogens is 536 g/mol. The van der Waals surface area contributed by atoms with Crippen LogP contribution in [-0.4, -0.2) is 37.6 Å². The number of anilines is 1. The summed E-state index contributed by atoms with van der Waals surface area (Å²) in [7, 11) is 0. The van der Waals surface area contributed by atoms with Crippen molar-refractivity contribution in [2.45, 2.75) is 96.8 Å². The number of guanidine groups is 1. The molecule has 0 amide bonds. The monoisotopic (exact) mass is 580 g/mol. The number of hydrogen-bond acceptors (Lipinski definition) is 3. The zero-order chi connectivity index (χ0) is 31.2. The van der Waals surface area contributed by atoms with Gasteiger partial charge in [0.15, 0.2) is 0 Å². The smallest absolute Gasteiger partial charge is 0.203 e. The molecule has 0 radical (unpaired) electrons. The lowest BCUT2D eigenvalue weighted by atomic mass is 9.76. The van der Waals surface area contributed by atoms with Crippen LogP contribution in [0.15, 0.2) is 89.9 Å². The molecule has 1 saturated heterocycles. The van der Waals surface area contributed by atoms with Gasteiger partial charge in [-0.3, -0.25) is 0 Å². The minimum Gasteiger partial charge on any atom is -0.327 e. The summed E-state index contributed by atoms with van der Waals surface area (Å²) < 4.78 is 2.46. The van der Waals surface area contributed by atoms with E-state index in [-0.39, 0.29) is 27.6 Å². The zero-order valence-corrected chi connectivity index (χ0v) is 27.9. The predicted octanol–water partition coefficient (Wildman–Crippen LogP) is 9.70. The highest BCUT2D eigenvalue weighted by Gasteiger charge is 2.65. The summed E-state index contributed by atoms with van der Waals surface area (Å²) in [5.74, 6) is 1.08. The molecule has 0 saturated carbocycles. The summed E-state index contributed by atoms with van der Waals surface area (Å²) in [6.45, 7) is 23.4. The van der Waals surface area contributed by atoms with Gasteiger partial charge in [-0.1, -0.05) is 56.3 Å². The summed E-state index contributed by atoms with van der Waals surface area (Å²) in [6, 6.07) is 31.9. The second kappa shape index (κ2) is 8.15. The molecule has 1 fully saturated rings. The second-order valence-corrected chi connectivity index (χ2v) is 15.8. The highest BCUT2D eigenvalue weighted by Crippen LogP contribution is 2.54. The molecule has 3 heterocycles. The van der Waals surface area contributed by atoms with Gasteiger partial charge in [-0.05, 0) is 120 Å². The van der Waals surface area contributed by atoms with E-state index >= 15 is 0 Å². The zero-order valence-electron chi connectivity index (χ0n) is 27.9. The van der Waals surface area contributed by atoms with Crippen LogP contribution in [0.1, 0.15) is 80.4 Å². The minimum atomic E-state index is -0.190. The normalized spacial score (nSPS) is 21.5. The van der Waals surface area contributed by atoms with Gasteiger partial charge in [0.2, 0.25) is 5.96 Å². The number of nitrogens with zero attached hydrogens (tertiary/aromatic N) is 4. The molecule has 44 heavy (non-hydrogen) atoms. The number of aromatic nitrogens is 1. The number of para-hydroxylation sites is 1. The highest BCUT2D eigenvalue weighted by atomic mass is 15.6. The van der Waals surface area contributed by atoms with Gasteiger partial charge in [-0.15, -0.1) is 0 Å². The number of aliphatic imine (C=N–C) groups is 1. The lowest BCUT2D eigenvalue weighted by Crippen LogP contribution is -2.62. The van der Waals surface area contributed by atoms with Crippen LogP contribution in [0.25, 0.3) is 38.6 Å². The van der Waals surface area contributed by atoms with Crippen LogP contribution in [0.4, 0.5) is 5.69 Å². The van der Waals surface area contributed by atoms with Gasteiger partial charge >= 0.3 is 0 Å². The number of fused-ring (bicyclic) bond motifs is 7. The van der Waals surface area contributed by atoms with Gasteiger partial charge in [0, 0.05) is 27.6 Å². The molecule has 0 bridgehead atoms. The number of hydrogen-bond donors (Lipinski definition) is 0. The van der Waals surface area contributed by atoms with E-state index in [0.717, 1.165) is 5.96 Å². The maximum absolute atomic E-state index is 5.37. The summed E-state index contributed by atoms with van der Waals surface area (Å²) in [5, 5.41) is 2.60. The Hall–Kier alpha value is -4.05. The van der Waals surface area contributed by atoms with E-state index < -0.39 is 0 Å². The summed E-state index contributed by atoms with van der Waals surface area (Å²) in [4.78, 5) is 10.4. The summed E-state index contributed by atoms with van der Waals surface area (Å²) in [6.07, 6.45) is 0. The molecule has 0 unspecified atom stereocenters. The van der Waals surface area contributed by atoms with Crippen LogP contribution in [0.5, 0.6) is 0 Å². The average molecular weight is 581 g/mol. The first-order valence-corrected chi connectivity index (χ1v) is 16.1. The Kier molecular flexibility index (Phi) is 5.09. The van der Waals surface area contributed by atoms with Crippen molar-refractivity contribution in [2.24, 2.45) is 4.99 Å². The van der Waals surface area contributed by atoms with Gasteiger partial charge in [0.1, 0.15) is 0 Å². The van der Waals surface area contributed by atoms with Crippen molar-refractivity contribution in [3.05, 3.63) is 96.1 Å². The molecule has 1 aromatic heterocycles. The predicted molar refractivity (Wildman–Crippen MR) is 186 cm³/mol. The van der Waals surface area contributed by atoms with Crippen LogP contribution in [0, 0.1) is 0 Å². The number of benzene rings is 4. The molecule has 1 aliphatic carbocycles. The molecule has 4 nitrogen and oxygen atoms in total. The average Bonchev–Trinajstić information content (AvgIpc) is 3.52. The third kappa shape index (κ3) is 3.12. The Labute approximate surface area is 262 Å². The SMILES string of the molecule is CC1(C)c2ccccc2-c2cc3c4ccccc4n(-c4ccc(N5C6=NC(C)(C)C(C)(C)N6C(C)(C)C5(C)C)cc4)c3cc21. The van der Waals surface area contributed by atoms with Crippen molar-refractivity contribution < 1.29 is 0 Å². The van der Waals surface area contributed by atoms with E-state index in [9.17, 15) is 0 Å². The summed E-state index contributed by atoms with van der Waals surface area (Å²) >= 11 is 0. The number of rotatable bonds is 2. The van der Waals surface area contributed by atoms with Gasteiger partial charge in [-0.2, -0.15) is 0 Å². The lowest BCUT2D eigenvalue weighted by molar-refractivity contribution is 0.0529. The van der Waals surface area contributed by atoms with Crippen molar-refractivity contribution in [3.63, 3.8) is 0 Å². The van der Waals surface area contributed by atoms with Crippen LogP contribution >= 0.6 is 0 Å². The molecular formula is C40H44N4. The quantitative estimate of drug-likeness (QED) is 0.208. The van der Waals surface area contributed by atoms with Crippen molar-refractivity contribution in [3.8, 4) is 16.8 Å². The van der Waals surface area contributed by atoms with E-state index in [0.29, 0.717) is 0 Å². The molecule has 0 N–H and O–H groups in total. The van der Waals surface area contributed by atoms with Crippen molar-refractivity contribution >= 4 is 33.5 Å². The van der Waals surface area contributed by atoms with E-state index in [1.165, 1.54) is 55.4 Å². The van der Waals surface area contributed by atoms with Gasteiger partial charge in [-0.25, -0.2) is 4.99 Å². The topological polar surface area (TPSA) is 23.8 Å². The fourth-order valence-corrected chi connectivity index (χ4v) is 8.49. The molecule has 4 heteroatoms. The Bertz CT molecular complexity index is 2050. The molecule has 5 aromatic rings. The van der Waals surface area contributed by atoms with Gasteiger partial charge in [0.25, 0.3) is 0 Å². The minimum absolute atomic E-state index is 0.0468. The molecule has 8 rings (SSSR count). The molecule has 2 aliphatic heterocycles.